The average Bonchev–Trinajstić information content (AvgIpc) is 3.15. The summed E-state index contributed by atoms with van der Waals surface area (Å²) in [6.07, 6.45) is 0. The fourth-order valence-corrected chi connectivity index (χ4v) is 3.49. The Kier molecular flexibility index (Phi) is 3.73. The van der Waals surface area contributed by atoms with Crippen LogP contribution in [0.25, 0.3) is 22.0 Å². The number of nitrogen functional groups attached to an aromatic ring is 1. The number of nitrogens with one attached hydrogen (secondary N) is 1. The van der Waals surface area contributed by atoms with E-state index in [1.165, 1.54) is 0 Å². The van der Waals surface area contributed by atoms with Crippen molar-refractivity contribution in [3.63, 3.8) is 0 Å². The summed E-state index contributed by atoms with van der Waals surface area (Å²) in [6, 6.07) is 9.53. The summed E-state index contributed by atoms with van der Waals surface area (Å²) in [7, 11) is 0. The van der Waals surface area contributed by atoms with E-state index in [0.717, 1.165) is 33.3 Å². The van der Waals surface area contributed by atoms with Crippen molar-refractivity contribution in [3.05, 3.63) is 59.3 Å². The van der Waals surface area contributed by atoms with Gasteiger partial charge in [0, 0.05) is 28.8 Å². The molecule has 0 fully saturated rings. The number of hydrogen-bond donors (Lipinski definition) is 3. The average molecular weight is 361 g/mol. The fraction of sp³-hybridized carbons (Fsp3) is 0.150. The molecule has 0 saturated heterocycles. The van der Waals surface area contributed by atoms with Crippen LogP contribution in [0.5, 0.6) is 0 Å². The summed E-state index contributed by atoms with van der Waals surface area (Å²) in [5, 5.41) is 8.23. The predicted octanol–water partition coefficient (Wildman–Crippen LogP) is 2.12. The molecule has 2 aromatic carbocycles. The smallest absolute Gasteiger partial charge is 0.254 e. The normalized spacial score (nSPS) is 13.2. The van der Waals surface area contributed by atoms with Crippen molar-refractivity contribution >= 4 is 28.4 Å². The zero-order chi connectivity index (χ0) is 19.3. The Balaban J connectivity index is 1.80. The summed E-state index contributed by atoms with van der Waals surface area (Å²) < 4.78 is 0. The number of carbonyl (C=O) groups is 2. The number of carbonyl (C=O) groups excluding carboxylic acids is 2. The Hall–Kier alpha value is -3.61. The number of primary amides is 1. The number of amides is 2. The third-order valence-electron chi connectivity index (χ3n) is 4.93. The van der Waals surface area contributed by atoms with Crippen molar-refractivity contribution in [2.75, 3.05) is 12.3 Å². The second-order valence-corrected chi connectivity index (χ2v) is 6.79. The molecule has 0 aliphatic carbocycles. The molecule has 136 valence electrons. The van der Waals surface area contributed by atoms with Crippen molar-refractivity contribution < 1.29 is 9.59 Å². The molecule has 0 saturated carbocycles. The topological polar surface area (TPSA) is 118 Å². The summed E-state index contributed by atoms with van der Waals surface area (Å²) in [6.45, 7) is 6.06. The highest BCUT2D eigenvalue weighted by Gasteiger charge is 2.31. The fourth-order valence-electron chi connectivity index (χ4n) is 3.49. The van der Waals surface area contributed by atoms with Gasteiger partial charge in [-0.1, -0.05) is 12.6 Å². The Morgan fingerprint density at radius 2 is 2.04 bits per heavy atom. The molecular weight excluding hydrogens is 342 g/mol. The Morgan fingerprint density at radius 1 is 1.30 bits per heavy atom. The maximum absolute atomic E-state index is 12.8. The first-order valence-electron chi connectivity index (χ1n) is 8.49. The van der Waals surface area contributed by atoms with E-state index in [-0.39, 0.29) is 18.0 Å². The van der Waals surface area contributed by atoms with E-state index in [9.17, 15) is 9.59 Å². The van der Waals surface area contributed by atoms with E-state index in [0.29, 0.717) is 17.8 Å². The van der Waals surface area contributed by atoms with Crippen LogP contribution >= 0.6 is 0 Å². The number of aryl methyl sites for hydroxylation is 1. The number of aromatic nitrogens is 2. The Labute approximate surface area is 155 Å². The van der Waals surface area contributed by atoms with Gasteiger partial charge >= 0.3 is 0 Å². The van der Waals surface area contributed by atoms with Gasteiger partial charge in [0.1, 0.15) is 0 Å². The third-order valence-corrected chi connectivity index (χ3v) is 4.93. The molecule has 7 heteroatoms. The van der Waals surface area contributed by atoms with E-state index >= 15 is 0 Å². The molecule has 1 aromatic heterocycles. The van der Waals surface area contributed by atoms with Gasteiger partial charge in [0.05, 0.1) is 17.8 Å². The highest BCUT2D eigenvalue weighted by molar-refractivity contribution is 6.03. The Morgan fingerprint density at radius 3 is 2.78 bits per heavy atom. The molecule has 27 heavy (non-hydrogen) atoms. The van der Waals surface area contributed by atoms with Gasteiger partial charge in [-0.3, -0.25) is 14.7 Å². The largest absolute Gasteiger partial charge is 0.399 e. The van der Waals surface area contributed by atoms with Crippen LogP contribution in [-0.4, -0.2) is 33.5 Å². The number of hydrogen-bond acceptors (Lipinski definition) is 4. The van der Waals surface area contributed by atoms with Crippen molar-refractivity contribution in [1.82, 2.24) is 15.1 Å². The highest BCUT2D eigenvalue weighted by Crippen LogP contribution is 2.36. The SMILES string of the molecule is C=C(CN1Cc2c(cc(N)cc2-c2ccc3[nH]nc(C)c3c2)C1=O)C(N)=O. The lowest BCUT2D eigenvalue weighted by Gasteiger charge is -2.15. The number of aromatic amines is 1. The van der Waals surface area contributed by atoms with Gasteiger partial charge in [0.15, 0.2) is 0 Å². The lowest BCUT2D eigenvalue weighted by Crippen LogP contribution is -2.30. The van der Waals surface area contributed by atoms with Gasteiger partial charge in [0.2, 0.25) is 5.91 Å². The summed E-state index contributed by atoms with van der Waals surface area (Å²) in [5.74, 6) is -0.791. The van der Waals surface area contributed by atoms with E-state index in [1.54, 1.807) is 11.0 Å². The van der Waals surface area contributed by atoms with Crippen molar-refractivity contribution in [1.29, 1.82) is 0 Å². The van der Waals surface area contributed by atoms with Crippen LogP contribution in [0.4, 0.5) is 5.69 Å². The van der Waals surface area contributed by atoms with Crippen LogP contribution in [-0.2, 0) is 11.3 Å². The molecule has 1 aliphatic rings. The summed E-state index contributed by atoms with van der Waals surface area (Å²) in [5.41, 5.74) is 17.2. The first kappa shape index (κ1) is 16.8. The molecule has 0 bridgehead atoms. The van der Waals surface area contributed by atoms with Gasteiger partial charge in [-0.05, 0) is 47.9 Å². The van der Waals surface area contributed by atoms with Crippen LogP contribution in [0.3, 0.4) is 0 Å². The summed E-state index contributed by atoms with van der Waals surface area (Å²) >= 11 is 0. The number of nitrogens with two attached hydrogens (primary N) is 2. The first-order valence-corrected chi connectivity index (χ1v) is 8.49. The van der Waals surface area contributed by atoms with Crippen molar-refractivity contribution in [2.24, 2.45) is 5.73 Å². The molecule has 1 aliphatic heterocycles. The number of anilines is 1. The van der Waals surface area contributed by atoms with Crippen LogP contribution < -0.4 is 11.5 Å². The maximum Gasteiger partial charge on any atom is 0.254 e. The number of nitrogens with zero attached hydrogens (tertiary/aromatic N) is 2. The Bertz CT molecular complexity index is 1130. The molecule has 4 rings (SSSR count). The molecule has 0 unspecified atom stereocenters. The minimum absolute atomic E-state index is 0.0993. The van der Waals surface area contributed by atoms with E-state index in [1.807, 2.05) is 31.2 Å². The minimum atomic E-state index is -0.612. The molecule has 5 N–H and O–H groups in total. The molecule has 2 heterocycles. The molecule has 0 atom stereocenters. The number of H-pyrrole nitrogens is 1. The maximum atomic E-state index is 12.8. The van der Waals surface area contributed by atoms with Crippen molar-refractivity contribution in [3.8, 4) is 11.1 Å². The molecule has 7 nitrogen and oxygen atoms in total. The molecular formula is C20H19N5O2. The van der Waals surface area contributed by atoms with Crippen LogP contribution in [0.2, 0.25) is 0 Å². The van der Waals surface area contributed by atoms with Gasteiger partial charge in [-0.15, -0.1) is 0 Å². The van der Waals surface area contributed by atoms with E-state index in [2.05, 4.69) is 16.8 Å². The lowest BCUT2D eigenvalue weighted by molar-refractivity contribution is -0.114. The van der Waals surface area contributed by atoms with Crippen LogP contribution in [0, 0.1) is 6.92 Å². The lowest BCUT2D eigenvalue weighted by atomic mass is 9.95. The minimum Gasteiger partial charge on any atom is -0.399 e. The zero-order valence-corrected chi connectivity index (χ0v) is 14.9. The second-order valence-electron chi connectivity index (χ2n) is 6.79. The van der Waals surface area contributed by atoms with Crippen LogP contribution in [0.1, 0.15) is 21.6 Å². The molecule has 0 spiro atoms. The van der Waals surface area contributed by atoms with Gasteiger partial charge in [-0.2, -0.15) is 5.10 Å². The third kappa shape index (κ3) is 2.73. The predicted molar refractivity (Wildman–Crippen MR) is 104 cm³/mol. The molecule has 3 aromatic rings. The van der Waals surface area contributed by atoms with Gasteiger partial charge < -0.3 is 16.4 Å². The van der Waals surface area contributed by atoms with Gasteiger partial charge in [-0.25, -0.2) is 0 Å². The summed E-state index contributed by atoms with van der Waals surface area (Å²) in [4.78, 5) is 25.6. The monoisotopic (exact) mass is 361 g/mol. The van der Waals surface area contributed by atoms with E-state index < -0.39 is 5.91 Å². The quantitative estimate of drug-likeness (QED) is 0.487. The molecule has 0 radical (unpaired) electrons. The van der Waals surface area contributed by atoms with Crippen LogP contribution in [0.15, 0.2) is 42.5 Å². The number of rotatable bonds is 4. The van der Waals surface area contributed by atoms with Gasteiger partial charge in [0.25, 0.3) is 5.91 Å². The number of fused-ring (bicyclic) bond motifs is 2. The second kappa shape index (κ2) is 5.98. The van der Waals surface area contributed by atoms with Crippen molar-refractivity contribution in [2.45, 2.75) is 13.5 Å². The van der Waals surface area contributed by atoms with E-state index in [4.69, 9.17) is 11.5 Å². The standard InChI is InChI=1S/C20H19N5O2/c1-10(19(22)26)8-25-9-17-15(6-13(21)7-16(17)20(25)27)12-3-4-18-14(5-12)11(2)23-24-18/h3-7H,1,8-9,21H2,2H3,(H2,22,26)(H,23,24). The molecule has 2 amide bonds. The number of benzene rings is 2. The highest BCUT2D eigenvalue weighted by atomic mass is 16.2. The zero-order valence-electron chi connectivity index (χ0n) is 14.9. The first-order chi connectivity index (χ1) is 12.8.